The van der Waals surface area contributed by atoms with E-state index >= 15 is 0 Å². The lowest BCUT2D eigenvalue weighted by atomic mass is 10.4. The van der Waals surface area contributed by atoms with Gasteiger partial charge in [0, 0.05) is 12.6 Å². The van der Waals surface area contributed by atoms with Crippen LogP contribution in [0.15, 0.2) is 12.1 Å². The second-order valence-corrected chi connectivity index (χ2v) is 4.07. The summed E-state index contributed by atoms with van der Waals surface area (Å²) in [5, 5.41) is 14.8. The van der Waals surface area contributed by atoms with E-state index in [1.54, 1.807) is 0 Å². The van der Waals surface area contributed by atoms with E-state index in [1.165, 1.54) is 12.8 Å². The lowest BCUT2D eigenvalue weighted by molar-refractivity contribution is 0.658. The number of aromatic nitrogens is 2. The van der Waals surface area contributed by atoms with Gasteiger partial charge in [-0.2, -0.15) is 5.10 Å². The molecule has 0 radical (unpaired) electrons. The molecule has 0 aromatic carbocycles. The van der Waals surface area contributed by atoms with Crippen LogP contribution in [-0.4, -0.2) is 29.3 Å². The van der Waals surface area contributed by atoms with E-state index in [4.69, 9.17) is 0 Å². The van der Waals surface area contributed by atoms with E-state index in [2.05, 4.69) is 20.8 Å². The molecule has 1 saturated carbocycles. The Hall–Kier alpha value is -1.16. The molecule has 15 heavy (non-hydrogen) atoms. The average molecular weight is 206 g/mol. The summed E-state index contributed by atoms with van der Waals surface area (Å²) in [5.41, 5.74) is 0.955. The van der Waals surface area contributed by atoms with Gasteiger partial charge in [-0.3, -0.25) is 0 Å². The second kappa shape index (κ2) is 5.07. The summed E-state index contributed by atoms with van der Waals surface area (Å²) < 4.78 is 0. The highest BCUT2D eigenvalue weighted by atomic mass is 15.2. The van der Waals surface area contributed by atoms with Gasteiger partial charge < -0.3 is 10.6 Å². The largest absolute Gasteiger partial charge is 0.369 e. The zero-order valence-corrected chi connectivity index (χ0v) is 9.16. The van der Waals surface area contributed by atoms with Crippen LogP contribution in [0, 0.1) is 6.92 Å². The molecular weight excluding hydrogens is 188 g/mol. The molecule has 1 fully saturated rings. The van der Waals surface area contributed by atoms with Crippen molar-refractivity contribution >= 4 is 5.82 Å². The molecule has 0 amide bonds. The van der Waals surface area contributed by atoms with E-state index in [1.807, 2.05) is 19.1 Å². The highest BCUT2D eigenvalue weighted by molar-refractivity contribution is 5.32. The van der Waals surface area contributed by atoms with E-state index < -0.39 is 0 Å². The van der Waals surface area contributed by atoms with Crippen LogP contribution < -0.4 is 10.6 Å². The Balaban J connectivity index is 1.58. The maximum atomic E-state index is 4.04. The summed E-state index contributed by atoms with van der Waals surface area (Å²) in [6, 6.07) is 4.75. The third kappa shape index (κ3) is 3.83. The zero-order valence-electron chi connectivity index (χ0n) is 9.16. The van der Waals surface area contributed by atoms with E-state index in [0.717, 1.165) is 37.1 Å². The minimum absolute atomic E-state index is 0.809. The topological polar surface area (TPSA) is 49.8 Å². The first-order valence-corrected chi connectivity index (χ1v) is 5.62. The number of aryl methyl sites for hydroxylation is 1. The molecule has 0 bridgehead atoms. The first-order valence-electron chi connectivity index (χ1n) is 5.62. The van der Waals surface area contributed by atoms with Gasteiger partial charge in [-0.25, -0.2) is 0 Å². The van der Waals surface area contributed by atoms with E-state index in [0.29, 0.717) is 0 Å². The van der Waals surface area contributed by atoms with Gasteiger partial charge in [0.25, 0.3) is 0 Å². The molecule has 1 aromatic rings. The summed E-state index contributed by atoms with van der Waals surface area (Å²) in [6.07, 6.45) is 3.85. The number of nitrogens with zero attached hydrogens (tertiary/aromatic N) is 2. The molecule has 0 atom stereocenters. The number of rotatable bonds is 6. The maximum Gasteiger partial charge on any atom is 0.148 e. The minimum atomic E-state index is 0.809. The summed E-state index contributed by atoms with van der Waals surface area (Å²) in [4.78, 5) is 0. The van der Waals surface area contributed by atoms with E-state index in [9.17, 15) is 0 Å². The monoisotopic (exact) mass is 206 g/mol. The molecule has 82 valence electrons. The van der Waals surface area contributed by atoms with Crippen molar-refractivity contribution in [2.24, 2.45) is 0 Å². The van der Waals surface area contributed by atoms with Gasteiger partial charge in [-0.1, -0.05) is 0 Å². The molecule has 0 aliphatic heterocycles. The summed E-state index contributed by atoms with van der Waals surface area (Å²) in [7, 11) is 0. The van der Waals surface area contributed by atoms with Crippen molar-refractivity contribution in [2.75, 3.05) is 18.4 Å². The number of hydrogen-bond donors (Lipinski definition) is 2. The predicted molar refractivity (Wildman–Crippen MR) is 60.9 cm³/mol. The molecular formula is C11H18N4. The van der Waals surface area contributed by atoms with Gasteiger partial charge in [-0.05, 0) is 44.9 Å². The van der Waals surface area contributed by atoms with Crippen molar-refractivity contribution in [3.63, 3.8) is 0 Å². The molecule has 2 rings (SSSR count). The SMILES string of the molecule is Cc1ccc(NCCCNC2CC2)nn1. The van der Waals surface area contributed by atoms with E-state index in [-0.39, 0.29) is 0 Å². The van der Waals surface area contributed by atoms with Crippen molar-refractivity contribution in [3.8, 4) is 0 Å². The van der Waals surface area contributed by atoms with Gasteiger partial charge >= 0.3 is 0 Å². The fraction of sp³-hybridized carbons (Fsp3) is 0.636. The Labute approximate surface area is 90.5 Å². The number of hydrogen-bond acceptors (Lipinski definition) is 4. The van der Waals surface area contributed by atoms with Crippen LogP contribution in [0.4, 0.5) is 5.82 Å². The van der Waals surface area contributed by atoms with Crippen molar-refractivity contribution < 1.29 is 0 Å². The van der Waals surface area contributed by atoms with Crippen molar-refractivity contribution in [2.45, 2.75) is 32.2 Å². The van der Waals surface area contributed by atoms with Crippen LogP contribution in [0.5, 0.6) is 0 Å². The van der Waals surface area contributed by atoms with Crippen LogP contribution in [0.3, 0.4) is 0 Å². The van der Waals surface area contributed by atoms with Gasteiger partial charge in [-0.15, -0.1) is 5.10 Å². The first kappa shape index (κ1) is 10.4. The Morgan fingerprint density at radius 2 is 2.13 bits per heavy atom. The fourth-order valence-corrected chi connectivity index (χ4v) is 1.39. The Bertz CT molecular complexity index is 292. The highest BCUT2D eigenvalue weighted by Gasteiger charge is 2.19. The summed E-state index contributed by atoms with van der Waals surface area (Å²) in [5.74, 6) is 0.868. The number of nitrogens with one attached hydrogen (secondary N) is 2. The third-order valence-corrected chi connectivity index (χ3v) is 2.47. The normalized spacial score (nSPS) is 15.3. The predicted octanol–water partition coefficient (Wildman–Crippen LogP) is 1.34. The van der Waals surface area contributed by atoms with Crippen LogP contribution in [0.2, 0.25) is 0 Å². The van der Waals surface area contributed by atoms with Crippen molar-refractivity contribution in [1.29, 1.82) is 0 Å². The standard InChI is InChI=1S/C11H18N4/c1-9-3-6-11(15-14-9)13-8-2-7-12-10-4-5-10/h3,6,10,12H,2,4-5,7-8H2,1H3,(H,13,15). The highest BCUT2D eigenvalue weighted by Crippen LogP contribution is 2.18. The smallest absolute Gasteiger partial charge is 0.148 e. The molecule has 1 heterocycles. The van der Waals surface area contributed by atoms with Crippen LogP contribution in [0.25, 0.3) is 0 Å². The molecule has 1 aliphatic carbocycles. The van der Waals surface area contributed by atoms with Crippen LogP contribution in [-0.2, 0) is 0 Å². The van der Waals surface area contributed by atoms with Gasteiger partial charge in [0.05, 0.1) is 5.69 Å². The summed E-state index contributed by atoms with van der Waals surface area (Å²) >= 11 is 0. The van der Waals surface area contributed by atoms with Gasteiger partial charge in [0.2, 0.25) is 0 Å². The lowest BCUT2D eigenvalue weighted by Gasteiger charge is -2.05. The molecule has 2 N–H and O–H groups in total. The molecule has 1 aliphatic rings. The Morgan fingerprint density at radius 1 is 1.27 bits per heavy atom. The molecule has 4 nitrogen and oxygen atoms in total. The average Bonchev–Trinajstić information content (AvgIpc) is 3.04. The van der Waals surface area contributed by atoms with Crippen LogP contribution in [0.1, 0.15) is 25.0 Å². The molecule has 0 unspecified atom stereocenters. The van der Waals surface area contributed by atoms with Gasteiger partial charge in [0.1, 0.15) is 5.82 Å². The third-order valence-electron chi connectivity index (χ3n) is 2.47. The molecule has 0 spiro atoms. The summed E-state index contributed by atoms with van der Waals surface area (Å²) in [6.45, 7) is 3.99. The molecule has 1 aromatic heterocycles. The Kier molecular flexibility index (Phi) is 3.50. The Morgan fingerprint density at radius 3 is 2.80 bits per heavy atom. The quantitative estimate of drug-likeness (QED) is 0.690. The number of anilines is 1. The van der Waals surface area contributed by atoms with Crippen LogP contribution >= 0.6 is 0 Å². The zero-order chi connectivity index (χ0) is 10.5. The van der Waals surface area contributed by atoms with Crippen molar-refractivity contribution in [3.05, 3.63) is 17.8 Å². The first-order chi connectivity index (χ1) is 7.34. The van der Waals surface area contributed by atoms with Gasteiger partial charge in [0.15, 0.2) is 0 Å². The van der Waals surface area contributed by atoms with Crippen molar-refractivity contribution in [1.82, 2.24) is 15.5 Å². The lowest BCUT2D eigenvalue weighted by Crippen LogP contribution is -2.20. The fourth-order valence-electron chi connectivity index (χ4n) is 1.39. The minimum Gasteiger partial charge on any atom is -0.369 e. The molecule has 0 saturated heterocycles. The maximum absolute atomic E-state index is 4.04. The molecule has 4 heteroatoms. The second-order valence-electron chi connectivity index (χ2n) is 4.07.